The number of rotatable bonds is 6. The van der Waals surface area contributed by atoms with Crippen molar-refractivity contribution in [1.82, 2.24) is 4.90 Å². The molecule has 0 saturated carbocycles. The van der Waals surface area contributed by atoms with Gasteiger partial charge < -0.3 is 14.3 Å². The van der Waals surface area contributed by atoms with Crippen LogP contribution in [0, 0.1) is 0 Å². The Morgan fingerprint density at radius 2 is 1.52 bits per heavy atom. The summed E-state index contributed by atoms with van der Waals surface area (Å²) in [6, 6.07) is 5.96. The Labute approximate surface area is 162 Å². The second-order valence-electron chi connectivity index (χ2n) is 8.07. The Morgan fingerprint density at radius 1 is 1.04 bits per heavy atom. The molecule has 0 unspecified atom stereocenters. The Bertz CT molecular complexity index is 664. The van der Waals surface area contributed by atoms with Gasteiger partial charge in [-0.2, -0.15) is 0 Å². The van der Waals surface area contributed by atoms with Crippen LogP contribution in [0.1, 0.15) is 53.1 Å². The van der Waals surface area contributed by atoms with Gasteiger partial charge in [-0.3, -0.25) is 4.79 Å². The average molecular weight is 394 g/mol. The number of likely N-dealkylation sites (tertiary alicyclic amines) is 1. The molecule has 2 amide bonds. The van der Waals surface area contributed by atoms with E-state index >= 15 is 0 Å². The number of ether oxygens (including phenoxy) is 1. The molecule has 0 aromatic heterocycles. The average Bonchev–Trinajstić information content (AvgIpc) is 2.59. The van der Waals surface area contributed by atoms with E-state index in [2.05, 4.69) is 41.5 Å². The molecule has 1 N–H and O–H groups in total. The highest BCUT2D eigenvalue weighted by molar-refractivity contribution is 6.77. The molecule has 27 heavy (non-hydrogen) atoms. The number of nitrogens with zero attached hydrogens (tertiary/aromatic N) is 1. The van der Waals surface area contributed by atoms with Crippen molar-refractivity contribution in [1.29, 1.82) is 0 Å². The summed E-state index contributed by atoms with van der Waals surface area (Å²) in [5, 5.41) is 9.58. The molecular weight excluding hydrogens is 362 g/mol. The molecule has 1 saturated heterocycles. The summed E-state index contributed by atoms with van der Waals surface area (Å²) >= 11 is 0. The van der Waals surface area contributed by atoms with Gasteiger partial charge in [0.1, 0.15) is 11.8 Å². The number of phenols is 1. The lowest BCUT2D eigenvalue weighted by Crippen LogP contribution is -2.66. The fraction of sp³-hybridized carbons (Fsp3) is 0.600. The first-order valence-corrected chi connectivity index (χ1v) is 11.6. The topological polar surface area (TPSA) is 76.1 Å². The van der Waals surface area contributed by atoms with E-state index in [0.29, 0.717) is 16.6 Å². The van der Waals surface area contributed by atoms with E-state index in [1.54, 1.807) is 24.3 Å². The van der Waals surface area contributed by atoms with Gasteiger partial charge in [-0.15, -0.1) is 0 Å². The molecule has 1 heterocycles. The first kappa shape index (κ1) is 21.4. The SMILES string of the molecule is COC(=O)N1C(=O)[C@H](O[Si](C(C)C)(C(C)C)C(C)C)[C@@H]1c1ccc(O)cc1. The number of imide groups is 1. The Hall–Kier alpha value is -1.86. The maximum absolute atomic E-state index is 12.8. The molecule has 150 valence electrons. The molecule has 1 aromatic carbocycles. The summed E-state index contributed by atoms with van der Waals surface area (Å²) < 4.78 is 11.5. The van der Waals surface area contributed by atoms with Gasteiger partial charge in [0, 0.05) is 0 Å². The standard InChI is InChI=1S/C20H31NO5Si/c1-12(2)27(13(3)4,14(5)6)26-18-17(15-8-10-16(22)11-9-15)21(19(18)23)20(24)25-7/h8-14,17-18,22H,1-7H3/t17-,18+/m0/s1. The van der Waals surface area contributed by atoms with Gasteiger partial charge in [0.25, 0.3) is 5.91 Å². The van der Waals surface area contributed by atoms with Gasteiger partial charge in [-0.1, -0.05) is 53.7 Å². The van der Waals surface area contributed by atoms with E-state index in [9.17, 15) is 14.7 Å². The van der Waals surface area contributed by atoms with Crippen molar-refractivity contribution >= 4 is 20.3 Å². The molecule has 1 fully saturated rings. The van der Waals surface area contributed by atoms with Crippen molar-refractivity contribution in [3.05, 3.63) is 29.8 Å². The molecule has 6 nitrogen and oxygen atoms in total. The van der Waals surface area contributed by atoms with Crippen molar-refractivity contribution in [3.63, 3.8) is 0 Å². The number of phenolic OH excluding ortho intramolecular Hbond substituents is 1. The first-order chi connectivity index (χ1) is 12.6. The van der Waals surface area contributed by atoms with Crippen LogP contribution in [0.5, 0.6) is 5.75 Å². The van der Waals surface area contributed by atoms with Gasteiger partial charge >= 0.3 is 6.09 Å². The van der Waals surface area contributed by atoms with Crippen LogP contribution in [0.4, 0.5) is 4.79 Å². The van der Waals surface area contributed by atoms with Gasteiger partial charge in [0.05, 0.1) is 7.11 Å². The van der Waals surface area contributed by atoms with Crippen LogP contribution in [0.25, 0.3) is 0 Å². The quantitative estimate of drug-likeness (QED) is 0.564. The summed E-state index contributed by atoms with van der Waals surface area (Å²) in [6.45, 7) is 12.9. The summed E-state index contributed by atoms with van der Waals surface area (Å²) in [7, 11) is -1.05. The number of aromatic hydroxyl groups is 1. The maximum atomic E-state index is 12.8. The van der Waals surface area contributed by atoms with E-state index in [1.807, 2.05) is 0 Å². The molecule has 0 spiro atoms. The van der Waals surface area contributed by atoms with E-state index in [-0.39, 0.29) is 11.7 Å². The minimum atomic E-state index is -2.31. The summed E-state index contributed by atoms with van der Waals surface area (Å²) in [5.74, 6) is -0.236. The molecule has 1 aromatic rings. The van der Waals surface area contributed by atoms with Crippen LogP contribution in [0.2, 0.25) is 16.6 Å². The monoisotopic (exact) mass is 393 g/mol. The van der Waals surface area contributed by atoms with Crippen molar-refractivity contribution in [2.75, 3.05) is 7.11 Å². The third-order valence-electron chi connectivity index (χ3n) is 5.69. The molecule has 1 aliphatic rings. The summed E-state index contributed by atoms with van der Waals surface area (Å²) in [5.41, 5.74) is 1.69. The zero-order chi connectivity index (χ0) is 20.5. The smallest absolute Gasteiger partial charge is 0.417 e. The Balaban J connectivity index is 2.45. The number of carbonyl (C=O) groups excluding carboxylic acids is 2. The van der Waals surface area contributed by atoms with E-state index < -0.39 is 26.6 Å². The third-order valence-corrected chi connectivity index (χ3v) is 11.8. The predicted molar refractivity (Wildman–Crippen MR) is 106 cm³/mol. The largest absolute Gasteiger partial charge is 0.508 e. The normalized spacial score (nSPS) is 20.4. The molecule has 1 aliphatic heterocycles. The lowest BCUT2D eigenvalue weighted by Gasteiger charge is -2.51. The second-order valence-corrected chi connectivity index (χ2v) is 13.5. The first-order valence-electron chi connectivity index (χ1n) is 9.45. The Morgan fingerprint density at radius 3 is 1.93 bits per heavy atom. The molecular formula is C20H31NO5Si. The van der Waals surface area contributed by atoms with Crippen LogP contribution in [-0.2, 0) is 14.0 Å². The molecule has 2 atom stereocenters. The van der Waals surface area contributed by atoms with E-state index in [4.69, 9.17) is 9.16 Å². The van der Waals surface area contributed by atoms with Gasteiger partial charge in [0.15, 0.2) is 6.10 Å². The lowest BCUT2D eigenvalue weighted by atomic mass is 9.91. The Kier molecular flexibility index (Phi) is 6.37. The lowest BCUT2D eigenvalue weighted by molar-refractivity contribution is -0.160. The van der Waals surface area contributed by atoms with Crippen molar-refractivity contribution in [2.45, 2.75) is 70.3 Å². The number of hydrogen-bond donors (Lipinski definition) is 1. The molecule has 0 radical (unpaired) electrons. The van der Waals surface area contributed by atoms with E-state index in [0.717, 1.165) is 10.5 Å². The summed E-state index contributed by atoms with van der Waals surface area (Å²) in [6.07, 6.45) is -1.41. The molecule has 7 heteroatoms. The predicted octanol–water partition coefficient (Wildman–Crippen LogP) is 4.60. The number of amides is 2. The van der Waals surface area contributed by atoms with Crippen LogP contribution < -0.4 is 0 Å². The van der Waals surface area contributed by atoms with Gasteiger partial charge in [0.2, 0.25) is 8.32 Å². The highest BCUT2D eigenvalue weighted by Crippen LogP contribution is 2.48. The second kappa shape index (κ2) is 8.02. The molecule has 0 bridgehead atoms. The van der Waals surface area contributed by atoms with Gasteiger partial charge in [-0.25, -0.2) is 9.69 Å². The van der Waals surface area contributed by atoms with Crippen LogP contribution in [-0.4, -0.2) is 43.5 Å². The van der Waals surface area contributed by atoms with Crippen molar-refractivity contribution in [2.24, 2.45) is 0 Å². The van der Waals surface area contributed by atoms with Gasteiger partial charge in [-0.05, 0) is 34.3 Å². The molecule has 2 rings (SSSR count). The number of hydrogen-bond acceptors (Lipinski definition) is 5. The highest BCUT2D eigenvalue weighted by Gasteiger charge is 2.58. The van der Waals surface area contributed by atoms with Crippen LogP contribution >= 0.6 is 0 Å². The van der Waals surface area contributed by atoms with Crippen LogP contribution in [0.3, 0.4) is 0 Å². The van der Waals surface area contributed by atoms with Crippen LogP contribution in [0.15, 0.2) is 24.3 Å². The van der Waals surface area contributed by atoms with Crippen molar-refractivity contribution < 1.29 is 23.9 Å². The minimum absolute atomic E-state index is 0.127. The number of benzene rings is 1. The number of β-lactam (4-membered cyclic amide) rings is 1. The third kappa shape index (κ3) is 3.62. The summed E-state index contributed by atoms with van der Waals surface area (Å²) in [4.78, 5) is 26.1. The fourth-order valence-corrected chi connectivity index (χ4v) is 9.99. The minimum Gasteiger partial charge on any atom is -0.508 e. The fourth-order valence-electron chi connectivity index (χ4n) is 4.50. The zero-order valence-electron chi connectivity index (χ0n) is 17.2. The maximum Gasteiger partial charge on any atom is 0.417 e. The molecule has 0 aliphatic carbocycles. The number of carbonyl (C=O) groups is 2. The van der Waals surface area contributed by atoms with Crippen molar-refractivity contribution in [3.8, 4) is 5.75 Å². The number of methoxy groups -OCH3 is 1. The highest BCUT2D eigenvalue weighted by atomic mass is 28.4. The van der Waals surface area contributed by atoms with E-state index in [1.165, 1.54) is 7.11 Å². The zero-order valence-corrected chi connectivity index (χ0v) is 18.2.